The van der Waals surface area contributed by atoms with Crippen molar-refractivity contribution < 1.29 is 9.84 Å². The quantitative estimate of drug-likeness (QED) is 0.804. The molecule has 0 aliphatic carbocycles. The average molecular weight is 207 g/mol. The molecule has 1 N–H and O–H groups in total. The van der Waals surface area contributed by atoms with Crippen LogP contribution in [0.4, 0.5) is 0 Å². The van der Waals surface area contributed by atoms with Crippen molar-refractivity contribution in [3.8, 4) is 0 Å². The van der Waals surface area contributed by atoms with Crippen molar-refractivity contribution >= 4 is 0 Å². The van der Waals surface area contributed by atoms with E-state index in [1.165, 1.54) is 0 Å². The summed E-state index contributed by atoms with van der Waals surface area (Å²) in [7, 11) is 0. The lowest BCUT2D eigenvalue weighted by molar-refractivity contribution is -0.108. The molecule has 2 heterocycles. The smallest absolute Gasteiger partial charge is 0.0958 e. The summed E-state index contributed by atoms with van der Waals surface area (Å²) in [6, 6.07) is 3.80. The summed E-state index contributed by atoms with van der Waals surface area (Å²) in [4.78, 5) is 4.06. The molecular weight excluding hydrogens is 190 g/mol. The first-order chi connectivity index (χ1) is 7.24. The molecule has 3 heteroatoms. The molecule has 1 aliphatic heterocycles. The Morgan fingerprint density at radius 2 is 2.53 bits per heavy atom. The van der Waals surface area contributed by atoms with Crippen molar-refractivity contribution in [1.29, 1.82) is 0 Å². The van der Waals surface area contributed by atoms with Gasteiger partial charge in [-0.3, -0.25) is 4.98 Å². The number of aliphatic hydroxyl groups is 1. The molecule has 0 bridgehead atoms. The number of nitrogens with zero attached hydrogens (tertiary/aromatic N) is 1. The van der Waals surface area contributed by atoms with Gasteiger partial charge in [-0.1, -0.05) is 13.0 Å². The predicted molar refractivity (Wildman–Crippen MR) is 57.4 cm³/mol. The summed E-state index contributed by atoms with van der Waals surface area (Å²) < 4.78 is 5.56. The maximum atomic E-state index is 10.5. The second kappa shape index (κ2) is 4.29. The Morgan fingerprint density at radius 1 is 1.67 bits per heavy atom. The fourth-order valence-electron chi connectivity index (χ4n) is 2.09. The van der Waals surface area contributed by atoms with Gasteiger partial charge in [0.15, 0.2) is 0 Å². The molecule has 82 valence electrons. The first kappa shape index (κ1) is 10.6. The highest BCUT2D eigenvalue weighted by atomic mass is 16.5. The third-order valence-corrected chi connectivity index (χ3v) is 3.09. The Morgan fingerprint density at radius 3 is 3.20 bits per heavy atom. The van der Waals surface area contributed by atoms with E-state index in [0.29, 0.717) is 19.4 Å². The van der Waals surface area contributed by atoms with Crippen molar-refractivity contribution in [2.24, 2.45) is 0 Å². The van der Waals surface area contributed by atoms with E-state index in [4.69, 9.17) is 4.74 Å². The van der Waals surface area contributed by atoms with Crippen LogP contribution in [0.25, 0.3) is 0 Å². The number of aromatic nitrogens is 1. The topological polar surface area (TPSA) is 42.4 Å². The van der Waals surface area contributed by atoms with Crippen molar-refractivity contribution in [2.75, 3.05) is 6.61 Å². The Labute approximate surface area is 90.1 Å². The van der Waals surface area contributed by atoms with Crippen LogP contribution in [0.15, 0.2) is 24.5 Å². The average Bonchev–Trinajstić information content (AvgIpc) is 2.30. The zero-order chi connectivity index (χ0) is 10.7. The molecule has 2 unspecified atom stereocenters. The molecule has 0 radical (unpaired) electrons. The highest BCUT2D eigenvalue weighted by molar-refractivity contribution is 5.18. The first-order valence-corrected chi connectivity index (χ1v) is 5.49. The minimum atomic E-state index is -0.743. The Hall–Kier alpha value is -0.930. The molecule has 1 fully saturated rings. The third kappa shape index (κ3) is 2.19. The van der Waals surface area contributed by atoms with E-state index in [-0.39, 0.29) is 6.10 Å². The van der Waals surface area contributed by atoms with Gasteiger partial charge in [0.05, 0.1) is 18.3 Å². The molecule has 0 amide bonds. The van der Waals surface area contributed by atoms with Crippen LogP contribution in [0.3, 0.4) is 0 Å². The maximum Gasteiger partial charge on any atom is 0.0958 e. The molecule has 1 saturated heterocycles. The normalized spacial score (nSPS) is 31.5. The number of hydrogen-bond acceptors (Lipinski definition) is 3. The van der Waals surface area contributed by atoms with Gasteiger partial charge >= 0.3 is 0 Å². The summed E-state index contributed by atoms with van der Waals surface area (Å²) >= 11 is 0. The number of ether oxygens (including phenoxy) is 1. The molecule has 2 rings (SSSR count). The Balaban J connectivity index is 2.19. The van der Waals surface area contributed by atoms with E-state index in [0.717, 1.165) is 12.0 Å². The van der Waals surface area contributed by atoms with Crippen LogP contribution in [-0.4, -0.2) is 22.8 Å². The van der Waals surface area contributed by atoms with E-state index < -0.39 is 5.60 Å². The molecule has 0 saturated carbocycles. The molecule has 3 nitrogen and oxygen atoms in total. The molecule has 0 aromatic carbocycles. The molecule has 1 aliphatic rings. The molecule has 0 spiro atoms. The van der Waals surface area contributed by atoms with Gasteiger partial charge in [-0.15, -0.1) is 0 Å². The van der Waals surface area contributed by atoms with Gasteiger partial charge in [0, 0.05) is 30.8 Å². The number of rotatable bonds is 2. The number of pyridine rings is 1. The Kier molecular flexibility index (Phi) is 3.03. The van der Waals surface area contributed by atoms with E-state index in [1.807, 2.05) is 12.1 Å². The van der Waals surface area contributed by atoms with E-state index in [9.17, 15) is 5.11 Å². The van der Waals surface area contributed by atoms with Crippen molar-refractivity contribution in [3.05, 3.63) is 30.1 Å². The monoisotopic (exact) mass is 207 g/mol. The van der Waals surface area contributed by atoms with Crippen LogP contribution in [0.2, 0.25) is 0 Å². The fraction of sp³-hybridized carbons (Fsp3) is 0.583. The standard InChI is InChI=1S/C12H17NO2/c1-2-11-8-12(14,5-7-15-11)10-4-3-6-13-9-10/h3-4,6,9,11,14H,2,5,7-8H2,1H3. The van der Waals surface area contributed by atoms with Gasteiger partial charge in [-0.05, 0) is 12.5 Å². The van der Waals surface area contributed by atoms with Crippen molar-refractivity contribution in [2.45, 2.75) is 37.9 Å². The molecule has 2 atom stereocenters. The lowest BCUT2D eigenvalue weighted by atomic mass is 9.84. The highest BCUT2D eigenvalue weighted by Gasteiger charge is 2.35. The summed E-state index contributed by atoms with van der Waals surface area (Å²) in [5.41, 5.74) is 0.166. The van der Waals surface area contributed by atoms with Crippen molar-refractivity contribution in [3.63, 3.8) is 0 Å². The summed E-state index contributed by atoms with van der Waals surface area (Å²) in [5, 5.41) is 10.5. The summed E-state index contributed by atoms with van der Waals surface area (Å²) in [5.74, 6) is 0. The fourth-order valence-corrected chi connectivity index (χ4v) is 2.09. The summed E-state index contributed by atoms with van der Waals surface area (Å²) in [6.07, 6.45) is 5.93. The predicted octanol–water partition coefficient (Wildman–Crippen LogP) is 1.86. The van der Waals surface area contributed by atoms with Gasteiger partial charge in [0.1, 0.15) is 0 Å². The zero-order valence-electron chi connectivity index (χ0n) is 9.02. The zero-order valence-corrected chi connectivity index (χ0v) is 9.02. The van der Waals surface area contributed by atoms with Crippen LogP contribution >= 0.6 is 0 Å². The van der Waals surface area contributed by atoms with E-state index in [2.05, 4.69) is 11.9 Å². The minimum absolute atomic E-state index is 0.170. The van der Waals surface area contributed by atoms with Crippen LogP contribution in [0.1, 0.15) is 31.7 Å². The van der Waals surface area contributed by atoms with Gasteiger partial charge in [0.25, 0.3) is 0 Å². The molecule has 15 heavy (non-hydrogen) atoms. The van der Waals surface area contributed by atoms with Crippen LogP contribution in [0.5, 0.6) is 0 Å². The third-order valence-electron chi connectivity index (χ3n) is 3.09. The maximum absolute atomic E-state index is 10.5. The van der Waals surface area contributed by atoms with Gasteiger partial charge in [-0.25, -0.2) is 0 Å². The molecule has 1 aromatic heterocycles. The summed E-state index contributed by atoms with van der Waals surface area (Å²) in [6.45, 7) is 2.71. The van der Waals surface area contributed by atoms with Gasteiger partial charge in [0.2, 0.25) is 0 Å². The second-order valence-corrected chi connectivity index (χ2v) is 4.13. The molecular formula is C12H17NO2. The van der Waals surface area contributed by atoms with Gasteiger partial charge in [-0.2, -0.15) is 0 Å². The van der Waals surface area contributed by atoms with E-state index >= 15 is 0 Å². The first-order valence-electron chi connectivity index (χ1n) is 5.49. The van der Waals surface area contributed by atoms with Crippen molar-refractivity contribution in [1.82, 2.24) is 4.98 Å². The SMILES string of the molecule is CCC1CC(O)(c2cccnc2)CCO1. The number of hydrogen-bond donors (Lipinski definition) is 1. The highest BCUT2D eigenvalue weighted by Crippen LogP contribution is 2.34. The van der Waals surface area contributed by atoms with Crippen LogP contribution in [-0.2, 0) is 10.3 Å². The largest absolute Gasteiger partial charge is 0.385 e. The molecule has 1 aromatic rings. The van der Waals surface area contributed by atoms with Crippen LogP contribution < -0.4 is 0 Å². The second-order valence-electron chi connectivity index (χ2n) is 4.13. The van der Waals surface area contributed by atoms with Crippen LogP contribution in [0, 0.1) is 0 Å². The lowest BCUT2D eigenvalue weighted by Crippen LogP contribution is -2.38. The van der Waals surface area contributed by atoms with Gasteiger partial charge < -0.3 is 9.84 Å². The minimum Gasteiger partial charge on any atom is -0.385 e. The van der Waals surface area contributed by atoms with E-state index in [1.54, 1.807) is 12.4 Å². The lowest BCUT2D eigenvalue weighted by Gasteiger charge is -2.36. The Bertz CT molecular complexity index is 315.